The van der Waals surface area contributed by atoms with Gasteiger partial charge in [-0.1, -0.05) is 11.6 Å². The van der Waals surface area contributed by atoms with Gasteiger partial charge in [-0.3, -0.25) is 4.79 Å². The number of carboxylic acids is 1. The Balaban J connectivity index is 2.88. The standard InChI is InChI=1S/C13H18ClNO4/c1-4-19-12-5-9(7-15-8(2)13(16)17)10(14)6-11(12)18-3/h5-6,8,15H,4,7H2,1-3H3,(H,16,17). The van der Waals surface area contributed by atoms with Gasteiger partial charge in [0.1, 0.15) is 6.04 Å². The average molecular weight is 288 g/mol. The van der Waals surface area contributed by atoms with Gasteiger partial charge in [-0.2, -0.15) is 0 Å². The summed E-state index contributed by atoms with van der Waals surface area (Å²) < 4.78 is 10.6. The van der Waals surface area contributed by atoms with E-state index in [0.29, 0.717) is 29.7 Å². The van der Waals surface area contributed by atoms with Crippen molar-refractivity contribution in [3.8, 4) is 11.5 Å². The Morgan fingerprint density at radius 1 is 1.47 bits per heavy atom. The topological polar surface area (TPSA) is 67.8 Å². The van der Waals surface area contributed by atoms with Gasteiger partial charge in [0, 0.05) is 17.6 Å². The maximum atomic E-state index is 10.7. The number of methoxy groups -OCH3 is 1. The van der Waals surface area contributed by atoms with Gasteiger partial charge >= 0.3 is 5.97 Å². The minimum Gasteiger partial charge on any atom is -0.493 e. The maximum absolute atomic E-state index is 10.7. The summed E-state index contributed by atoms with van der Waals surface area (Å²) in [6.07, 6.45) is 0. The highest BCUT2D eigenvalue weighted by Gasteiger charge is 2.13. The molecule has 0 bridgehead atoms. The number of benzene rings is 1. The van der Waals surface area contributed by atoms with Gasteiger partial charge in [-0.25, -0.2) is 0 Å². The lowest BCUT2D eigenvalue weighted by Crippen LogP contribution is -2.33. The van der Waals surface area contributed by atoms with Gasteiger partial charge in [0.05, 0.1) is 13.7 Å². The van der Waals surface area contributed by atoms with E-state index in [1.54, 1.807) is 26.2 Å². The minimum absolute atomic E-state index is 0.344. The second kappa shape index (κ2) is 7.21. The smallest absolute Gasteiger partial charge is 0.320 e. The Kier molecular flexibility index (Phi) is 5.92. The average Bonchev–Trinajstić information content (AvgIpc) is 2.38. The fraction of sp³-hybridized carbons (Fsp3) is 0.462. The van der Waals surface area contributed by atoms with Crippen LogP contribution < -0.4 is 14.8 Å². The van der Waals surface area contributed by atoms with Gasteiger partial charge in [0.25, 0.3) is 0 Å². The third-order valence-electron chi connectivity index (χ3n) is 2.60. The summed E-state index contributed by atoms with van der Waals surface area (Å²) in [5.74, 6) is 0.241. The molecule has 0 fully saturated rings. The monoisotopic (exact) mass is 287 g/mol. The molecule has 0 heterocycles. The van der Waals surface area contributed by atoms with Crippen LogP contribution in [0.2, 0.25) is 5.02 Å². The molecule has 2 N–H and O–H groups in total. The van der Waals surface area contributed by atoms with Crippen molar-refractivity contribution in [1.82, 2.24) is 5.32 Å². The summed E-state index contributed by atoms with van der Waals surface area (Å²) in [5.41, 5.74) is 0.763. The number of carbonyl (C=O) groups is 1. The number of aliphatic carboxylic acids is 1. The molecular weight excluding hydrogens is 270 g/mol. The highest BCUT2D eigenvalue weighted by molar-refractivity contribution is 6.31. The minimum atomic E-state index is -0.908. The van der Waals surface area contributed by atoms with E-state index in [2.05, 4.69) is 5.32 Å². The number of halogens is 1. The molecular formula is C13H18ClNO4. The molecule has 5 nitrogen and oxygen atoms in total. The molecule has 1 unspecified atom stereocenters. The molecule has 1 atom stereocenters. The van der Waals surface area contributed by atoms with E-state index < -0.39 is 12.0 Å². The van der Waals surface area contributed by atoms with E-state index in [-0.39, 0.29) is 0 Å². The molecule has 6 heteroatoms. The zero-order valence-electron chi connectivity index (χ0n) is 11.2. The molecule has 0 aromatic heterocycles. The predicted octanol–water partition coefficient (Wildman–Crippen LogP) is 2.31. The molecule has 0 radical (unpaired) electrons. The summed E-state index contributed by atoms with van der Waals surface area (Å²) in [6, 6.07) is 2.77. The Hall–Kier alpha value is -1.46. The van der Waals surface area contributed by atoms with Gasteiger partial charge < -0.3 is 19.9 Å². The van der Waals surface area contributed by atoms with Crippen molar-refractivity contribution < 1.29 is 19.4 Å². The van der Waals surface area contributed by atoms with Gasteiger partial charge in [0.15, 0.2) is 11.5 Å². The van der Waals surface area contributed by atoms with E-state index in [1.807, 2.05) is 6.92 Å². The molecule has 0 aliphatic rings. The third-order valence-corrected chi connectivity index (χ3v) is 2.95. The maximum Gasteiger partial charge on any atom is 0.320 e. The molecule has 106 valence electrons. The normalized spacial score (nSPS) is 12.0. The quantitative estimate of drug-likeness (QED) is 0.805. The lowest BCUT2D eigenvalue weighted by atomic mass is 10.2. The zero-order chi connectivity index (χ0) is 14.4. The molecule has 0 spiro atoms. The lowest BCUT2D eigenvalue weighted by molar-refractivity contribution is -0.139. The van der Waals surface area contributed by atoms with E-state index in [1.165, 1.54) is 0 Å². The summed E-state index contributed by atoms with van der Waals surface area (Å²) in [4.78, 5) is 10.7. The van der Waals surface area contributed by atoms with Crippen molar-refractivity contribution in [2.75, 3.05) is 13.7 Å². The van der Waals surface area contributed by atoms with Crippen LogP contribution in [-0.4, -0.2) is 30.8 Å². The summed E-state index contributed by atoms with van der Waals surface area (Å²) in [7, 11) is 1.54. The fourth-order valence-corrected chi connectivity index (χ4v) is 1.71. The Morgan fingerprint density at radius 2 is 2.16 bits per heavy atom. The lowest BCUT2D eigenvalue weighted by Gasteiger charge is -2.14. The van der Waals surface area contributed by atoms with Crippen LogP contribution in [0.5, 0.6) is 11.5 Å². The SMILES string of the molecule is CCOc1cc(CNC(C)C(=O)O)c(Cl)cc1OC. The molecule has 0 saturated carbocycles. The highest BCUT2D eigenvalue weighted by atomic mass is 35.5. The van der Waals surface area contributed by atoms with Gasteiger partial charge in [0.2, 0.25) is 0 Å². The first-order chi connectivity index (χ1) is 8.99. The van der Waals surface area contributed by atoms with Crippen molar-refractivity contribution in [3.05, 3.63) is 22.7 Å². The number of rotatable bonds is 7. The Bertz CT molecular complexity index is 451. The molecule has 0 amide bonds. The molecule has 19 heavy (non-hydrogen) atoms. The summed E-state index contributed by atoms with van der Waals surface area (Å²) in [6.45, 7) is 4.30. The van der Waals surface area contributed by atoms with E-state index >= 15 is 0 Å². The first-order valence-electron chi connectivity index (χ1n) is 5.95. The highest BCUT2D eigenvalue weighted by Crippen LogP contribution is 2.33. The van der Waals surface area contributed by atoms with Crippen LogP contribution in [0.15, 0.2) is 12.1 Å². The second-order valence-corrected chi connectivity index (χ2v) is 4.38. The van der Waals surface area contributed by atoms with E-state index in [9.17, 15) is 4.79 Å². The number of carboxylic acid groups (broad SMARTS) is 1. The van der Waals surface area contributed by atoms with E-state index in [4.69, 9.17) is 26.2 Å². The number of ether oxygens (including phenoxy) is 2. The summed E-state index contributed by atoms with van der Waals surface area (Å²) >= 11 is 6.12. The predicted molar refractivity (Wildman–Crippen MR) is 73.1 cm³/mol. The first-order valence-corrected chi connectivity index (χ1v) is 6.32. The molecule has 1 aromatic carbocycles. The van der Waals surface area contributed by atoms with Crippen LogP contribution in [0.3, 0.4) is 0 Å². The zero-order valence-corrected chi connectivity index (χ0v) is 12.0. The summed E-state index contributed by atoms with van der Waals surface area (Å²) in [5, 5.41) is 12.2. The van der Waals surface area contributed by atoms with Crippen molar-refractivity contribution in [1.29, 1.82) is 0 Å². The van der Waals surface area contributed by atoms with E-state index in [0.717, 1.165) is 5.56 Å². The van der Waals surface area contributed by atoms with Crippen molar-refractivity contribution >= 4 is 17.6 Å². The molecule has 1 aromatic rings. The largest absolute Gasteiger partial charge is 0.493 e. The van der Waals surface area contributed by atoms with Crippen LogP contribution in [0.1, 0.15) is 19.4 Å². The van der Waals surface area contributed by atoms with Crippen molar-refractivity contribution in [2.45, 2.75) is 26.4 Å². The molecule has 0 aliphatic carbocycles. The van der Waals surface area contributed by atoms with Gasteiger partial charge in [-0.15, -0.1) is 0 Å². The van der Waals surface area contributed by atoms with Crippen LogP contribution in [0.25, 0.3) is 0 Å². The van der Waals surface area contributed by atoms with Crippen LogP contribution >= 0.6 is 11.6 Å². The Labute approximate surface area is 117 Å². The fourth-order valence-electron chi connectivity index (χ4n) is 1.49. The van der Waals surface area contributed by atoms with Crippen LogP contribution in [0, 0.1) is 0 Å². The molecule has 0 saturated heterocycles. The van der Waals surface area contributed by atoms with Crippen molar-refractivity contribution in [2.24, 2.45) is 0 Å². The molecule has 0 aliphatic heterocycles. The Morgan fingerprint density at radius 3 is 2.68 bits per heavy atom. The second-order valence-electron chi connectivity index (χ2n) is 3.97. The number of hydrogen-bond acceptors (Lipinski definition) is 4. The van der Waals surface area contributed by atoms with Crippen LogP contribution in [-0.2, 0) is 11.3 Å². The number of nitrogens with one attached hydrogen (secondary N) is 1. The third kappa shape index (κ3) is 4.29. The van der Waals surface area contributed by atoms with Gasteiger partial charge in [-0.05, 0) is 25.5 Å². The van der Waals surface area contributed by atoms with Crippen LogP contribution in [0.4, 0.5) is 0 Å². The number of hydrogen-bond donors (Lipinski definition) is 2. The first kappa shape index (κ1) is 15.6. The van der Waals surface area contributed by atoms with Crippen molar-refractivity contribution in [3.63, 3.8) is 0 Å². The molecule has 1 rings (SSSR count).